The van der Waals surface area contributed by atoms with E-state index in [9.17, 15) is 0 Å². The highest BCUT2D eigenvalue weighted by atomic mass is 15.0. The van der Waals surface area contributed by atoms with Gasteiger partial charge in [0.05, 0.1) is 0 Å². The zero-order chi connectivity index (χ0) is 12.5. The minimum absolute atomic E-state index is 0.303. The lowest BCUT2D eigenvalue weighted by atomic mass is 9.98. The van der Waals surface area contributed by atoms with E-state index in [1.807, 2.05) is 12.1 Å². The quantitative estimate of drug-likeness (QED) is 0.704. The summed E-state index contributed by atoms with van der Waals surface area (Å²) in [4.78, 5) is 8.09. The van der Waals surface area contributed by atoms with Crippen molar-refractivity contribution >= 4 is 16.7 Å². The molecule has 0 fully saturated rings. The molecule has 0 bridgehead atoms. The van der Waals surface area contributed by atoms with Crippen LogP contribution in [0.2, 0.25) is 0 Å². The molecule has 3 nitrogen and oxygen atoms in total. The van der Waals surface area contributed by atoms with Gasteiger partial charge in [-0.3, -0.25) is 0 Å². The predicted octanol–water partition coefficient (Wildman–Crippen LogP) is 3.19. The van der Waals surface area contributed by atoms with Crippen LogP contribution in [0.25, 0.3) is 21.9 Å². The fourth-order valence-electron chi connectivity index (χ4n) is 2.14. The molecule has 88 valence electrons. The molecule has 0 aliphatic heterocycles. The second-order valence-electron chi connectivity index (χ2n) is 4.34. The molecule has 1 aromatic heterocycles. The molecule has 3 aromatic rings. The zero-order valence-electron chi connectivity index (χ0n) is 10.1. The molecule has 2 aromatic carbocycles. The molecule has 0 saturated carbocycles. The molecule has 2 N–H and O–H groups in total. The van der Waals surface area contributed by atoms with Crippen molar-refractivity contribution < 1.29 is 0 Å². The van der Waals surface area contributed by atoms with Crippen LogP contribution in [0.1, 0.15) is 5.56 Å². The van der Waals surface area contributed by atoms with E-state index in [-0.39, 0.29) is 0 Å². The van der Waals surface area contributed by atoms with Crippen LogP contribution in [-0.2, 0) is 0 Å². The molecule has 0 radical (unpaired) electrons. The first-order valence-electron chi connectivity index (χ1n) is 5.81. The van der Waals surface area contributed by atoms with Crippen molar-refractivity contribution in [3.63, 3.8) is 0 Å². The molecular formula is C15H13N3. The van der Waals surface area contributed by atoms with E-state index in [1.165, 1.54) is 16.3 Å². The van der Waals surface area contributed by atoms with Gasteiger partial charge in [-0.15, -0.1) is 0 Å². The summed E-state index contributed by atoms with van der Waals surface area (Å²) in [6, 6.07) is 12.7. The lowest BCUT2D eigenvalue weighted by Crippen LogP contribution is -1.94. The van der Waals surface area contributed by atoms with E-state index in [2.05, 4.69) is 41.2 Å². The van der Waals surface area contributed by atoms with Gasteiger partial charge in [-0.25, -0.2) is 9.97 Å². The monoisotopic (exact) mass is 235 g/mol. The highest BCUT2D eigenvalue weighted by Gasteiger charge is 2.05. The number of aromatic nitrogens is 2. The molecule has 0 aliphatic rings. The third-order valence-electron chi connectivity index (χ3n) is 3.08. The number of rotatable bonds is 1. The maximum Gasteiger partial charge on any atom is 0.219 e. The number of anilines is 1. The molecular weight excluding hydrogens is 222 g/mol. The number of fused-ring (bicyclic) bond motifs is 1. The van der Waals surface area contributed by atoms with Gasteiger partial charge in [-0.05, 0) is 34.9 Å². The number of nitrogens with two attached hydrogens (primary N) is 1. The normalized spacial score (nSPS) is 10.7. The van der Waals surface area contributed by atoms with Gasteiger partial charge >= 0.3 is 0 Å². The van der Waals surface area contributed by atoms with Crippen molar-refractivity contribution in [2.24, 2.45) is 0 Å². The molecule has 0 saturated heterocycles. The van der Waals surface area contributed by atoms with Crippen molar-refractivity contribution in [2.45, 2.75) is 6.92 Å². The fraction of sp³-hybridized carbons (Fsp3) is 0.0667. The summed E-state index contributed by atoms with van der Waals surface area (Å²) in [6.45, 7) is 2.10. The average Bonchev–Trinajstić information content (AvgIpc) is 2.39. The van der Waals surface area contributed by atoms with Crippen molar-refractivity contribution in [2.75, 3.05) is 5.73 Å². The summed E-state index contributed by atoms with van der Waals surface area (Å²) in [5, 5.41) is 2.46. The number of hydrogen-bond acceptors (Lipinski definition) is 3. The number of nitrogen functional groups attached to an aromatic ring is 1. The third-order valence-corrected chi connectivity index (χ3v) is 3.08. The van der Waals surface area contributed by atoms with Crippen LogP contribution in [0.4, 0.5) is 5.95 Å². The first kappa shape index (κ1) is 10.7. The standard InChI is InChI=1S/C15H13N3/c1-10-6-11-4-2-3-5-12(11)7-14(10)13-8-17-15(16)18-9-13/h2-9H,1H3,(H2,16,17,18). The maximum atomic E-state index is 5.51. The largest absolute Gasteiger partial charge is 0.368 e. The molecule has 0 atom stereocenters. The van der Waals surface area contributed by atoms with Crippen molar-refractivity contribution in [1.29, 1.82) is 0 Å². The summed E-state index contributed by atoms with van der Waals surface area (Å²) in [5.74, 6) is 0.303. The van der Waals surface area contributed by atoms with Gasteiger partial charge in [0.25, 0.3) is 0 Å². The molecule has 0 unspecified atom stereocenters. The lowest BCUT2D eigenvalue weighted by Gasteiger charge is -2.08. The molecule has 18 heavy (non-hydrogen) atoms. The van der Waals surface area contributed by atoms with Crippen LogP contribution >= 0.6 is 0 Å². The molecule has 1 heterocycles. The zero-order valence-corrected chi connectivity index (χ0v) is 10.1. The van der Waals surface area contributed by atoms with Crippen molar-refractivity contribution in [3.05, 3.63) is 54.4 Å². The molecule has 0 amide bonds. The highest BCUT2D eigenvalue weighted by molar-refractivity contribution is 5.88. The first-order valence-corrected chi connectivity index (χ1v) is 5.81. The van der Waals surface area contributed by atoms with E-state index < -0.39 is 0 Å². The van der Waals surface area contributed by atoms with Crippen LogP contribution in [0.3, 0.4) is 0 Å². The Bertz CT molecular complexity index is 703. The minimum atomic E-state index is 0.303. The maximum absolute atomic E-state index is 5.51. The van der Waals surface area contributed by atoms with Gasteiger partial charge in [-0.2, -0.15) is 0 Å². The molecule has 3 heteroatoms. The van der Waals surface area contributed by atoms with Crippen LogP contribution in [0.15, 0.2) is 48.8 Å². The number of benzene rings is 2. The van der Waals surface area contributed by atoms with Crippen LogP contribution in [0, 0.1) is 6.92 Å². The van der Waals surface area contributed by atoms with E-state index in [0.29, 0.717) is 5.95 Å². The summed E-state index contributed by atoms with van der Waals surface area (Å²) in [7, 11) is 0. The van der Waals surface area contributed by atoms with E-state index in [1.54, 1.807) is 12.4 Å². The Labute approximate surface area is 105 Å². The average molecular weight is 235 g/mol. The summed E-state index contributed by atoms with van der Waals surface area (Å²) in [6.07, 6.45) is 3.53. The Morgan fingerprint density at radius 1 is 0.944 bits per heavy atom. The molecule has 0 aliphatic carbocycles. The second-order valence-corrected chi connectivity index (χ2v) is 4.34. The Kier molecular flexibility index (Phi) is 2.45. The second kappa shape index (κ2) is 4.11. The van der Waals surface area contributed by atoms with Gasteiger partial charge < -0.3 is 5.73 Å². The van der Waals surface area contributed by atoms with Crippen molar-refractivity contribution in [1.82, 2.24) is 9.97 Å². The van der Waals surface area contributed by atoms with Crippen molar-refractivity contribution in [3.8, 4) is 11.1 Å². The van der Waals surface area contributed by atoms with E-state index in [4.69, 9.17) is 5.73 Å². The van der Waals surface area contributed by atoms with Gasteiger partial charge in [-0.1, -0.05) is 30.3 Å². The van der Waals surface area contributed by atoms with Gasteiger partial charge in [0, 0.05) is 18.0 Å². The van der Waals surface area contributed by atoms with Crippen LogP contribution < -0.4 is 5.73 Å². The highest BCUT2D eigenvalue weighted by Crippen LogP contribution is 2.27. The van der Waals surface area contributed by atoms with Crippen LogP contribution in [0.5, 0.6) is 0 Å². The Hall–Kier alpha value is -2.42. The Morgan fingerprint density at radius 3 is 2.22 bits per heavy atom. The Morgan fingerprint density at radius 2 is 1.56 bits per heavy atom. The SMILES string of the molecule is Cc1cc2ccccc2cc1-c1cnc(N)nc1. The molecule has 3 rings (SSSR count). The Balaban J connectivity index is 2.22. The van der Waals surface area contributed by atoms with Crippen LogP contribution in [-0.4, -0.2) is 9.97 Å². The smallest absolute Gasteiger partial charge is 0.219 e. The molecule has 0 spiro atoms. The topological polar surface area (TPSA) is 51.8 Å². The van der Waals surface area contributed by atoms with Gasteiger partial charge in [0.15, 0.2) is 0 Å². The summed E-state index contributed by atoms with van der Waals surface area (Å²) in [5.41, 5.74) is 8.86. The summed E-state index contributed by atoms with van der Waals surface area (Å²) >= 11 is 0. The summed E-state index contributed by atoms with van der Waals surface area (Å²) < 4.78 is 0. The van der Waals surface area contributed by atoms with Gasteiger partial charge in [0.2, 0.25) is 5.95 Å². The lowest BCUT2D eigenvalue weighted by molar-refractivity contribution is 1.19. The van der Waals surface area contributed by atoms with E-state index in [0.717, 1.165) is 11.1 Å². The number of hydrogen-bond donors (Lipinski definition) is 1. The fourth-order valence-corrected chi connectivity index (χ4v) is 2.14. The van der Waals surface area contributed by atoms with E-state index >= 15 is 0 Å². The predicted molar refractivity (Wildman–Crippen MR) is 74.1 cm³/mol. The number of aryl methyl sites for hydroxylation is 1. The third kappa shape index (κ3) is 1.80. The number of nitrogens with zero attached hydrogens (tertiary/aromatic N) is 2. The minimum Gasteiger partial charge on any atom is -0.368 e. The first-order chi connectivity index (χ1) is 8.74. The van der Waals surface area contributed by atoms with Gasteiger partial charge in [0.1, 0.15) is 0 Å².